The fourth-order valence-corrected chi connectivity index (χ4v) is 2.51. The van der Waals surface area contributed by atoms with Gasteiger partial charge in [-0.15, -0.1) is 0 Å². The number of hydrogen-bond donors (Lipinski definition) is 1. The highest BCUT2D eigenvalue weighted by atomic mass is 16.5. The lowest BCUT2D eigenvalue weighted by Crippen LogP contribution is -2.52. The highest BCUT2D eigenvalue weighted by Crippen LogP contribution is 2.31. The summed E-state index contributed by atoms with van der Waals surface area (Å²) >= 11 is 0. The lowest BCUT2D eigenvalue weighted by molar-refractivity contribution is -0.147. The molecule has 0 aromatic heterocycles. The first kappa shape index (κ1) is 14.6. The minimum Gasteiger partial charge on any atom is -0.490 e. The van der Waals surface area contributed by atoms with Crippen LogP contribution in [0.15, 0.2) is 18.2 Å². The Morgan fingerprint density at radius 1 is 1.14 bits per heavy atom. The molecule has 2 aliphatic heterocycles. The van der Waals surface area contributed by atoms with Gasteiger partial charge in [0.2, 0.25) is 0 Å². The molecule has 1 aromatic carbocycles. The molecule has 2 heterocycles. The SMILES string of the molecule is O=C(O)C1COCCN1C(=O)c1ccc2c(c1)OCCCO2. The maximum absolute atomic E-state index is 12.6. The first-order valence-corrected chi connectivity index (χ1v) is 7.18. The molecule has 0 bridgehead atoms. The normalized spacial score (nSPS) is 21.1. The number of morpholine rings is 1. The quantitative estimate of drug-likeness (QED) is 0.869. The average molecular weight is 307 g/mol. The molecule has 0 saturated carbocycles. The van der Waals surface area contributed by atoms with Crippen LogP contribution in [-0.4, -0.2) is 60.9 Å². The van der Waals surface area contributed by atoms with E-state index in [4.69, 9.17) is 14.2 Å². The number of amides is 1. The lowest BCUT2D eigenvalue weighted by Gasteiger charge is -2.33. The summed E-state index contributed by atoms with van der Waals surface area (Å²) in [5.74, 6) is -0.289. The third kappa shape index (κ3) is 2.85. The average Bonchev–Trinajstić information content (AvgIpc) is 2.78. The smallest absolute Gasteiger partial charge is 0.328 e. The van der Waals surface area contributed by atoms with Crippen LogP contribution in [0.2, 0.25) is 0 Å². The van der Waals surface area contributed by atoms with Crippen LogP contribution < -0.4 is 9.47 Å². The van der Waals surface area contributed by atoms with Crippen LogP contribution >= 0.6 is 0 Å². The highest BCUT2D eigenvalue weighted by Gasteiger charge is 2.33. The molecule has 0 spiro atoms. The number of carbonyl (C=O) groups is 2. The van der Waals surface area contributed by atoms with Crippen LogP contribution in [-0.2, 0) is 9.53 Å². The molecule has 1 atom stereocenters. The number of aliphatic carboxylic acids is 1. The van der Waals surface area contributed by atoms with Gasteiger partial charge in [-0.3, -0.25) is 4.79 Å². The second kappa shape index (κ2) is 6.23. The van der Waals surface area contributed by atoms with Gasteiger partial charge < -0.3 is 24.2 Å². The van der Waals surface area contributed by atoms with Gasteiger partial charge in [0.1, 0.15) is 0 Å². The monoisotopic (exact) mass is 307 g/mol. The Kier molecular flexibility index (Phi) is 4.15. The Hall–Kier alpha value is -2.28. The number of fused-ring (bicyclic) bond motifs is 1. The zero-order chi connectivity index (χ0) is 15.5. The highest BCUT2D eigenvalue weighted by molar-refractivity contribution is 5.97. The van der Waals surface area contributed by atoms with Gasteiger partial charge >= 0.3 is 5.97 Å². The largest absolute Gasteiger partial charge is 0.490 e. The number of carboxylic acids is 1. The van der Waals surface area contributed by atoms with Gasteiger partial charge in [-0.1, -0.05) is 0 Å². The molecule has 0 radical (unpaired) electrons. The van der Waals surface area contributed by atoms with Crippen molar-refractivity contribution in [1.29, 1.82) is 0 Å². The summed E-state index contributed by atoms with van der Waals surface area (Å²) in [6.45, 7) is 1.70. The zero-order valence-electron chi connectivity index (χ0n) is 12.0. The fourth-order valence-electron chi connectivity index (χ4n) is 2.51. The van der Waals surface area contributed by atoms with E-state index in [2.05, 4.69) is 0 Å². The van der Waals surface area contributed by atoms with E-state index in [1.807, 2.05) is 0 Å². The van der Waals surface area contributed by atoms with E-state index in [0.717, 1.165) is 6.42 Å². The van der Waals surface area contributed by atoms with E-state index in [0.29, 0.717) is 36.9 Å². The van der Waals surface area contributed by atoms with E-state index in [1.54, 1.807) is 18.2 Å². The van der Waals surface area contributed by atoms with Crippen molar-refractivity contribution in [3.8, 4) is 11.5 Å². The van der Waals surface area contributed by atoms with E-state index < -0.39 is 12.0 Å². The second-order valence-electron chi connectivity index (χ2n) is 5.14. The molecule has 22 heavy (non-hydrogen) atoms. The fraction of sp³-hybridized carbons (Fsp3) is 0.467. The van der Waals surface area contributed by atoms with Gasteiger partial charge in [-0.05, 0) is 18.2 Å². The van der Waals surface area contributed by atoms with Crippen LogP contribution in [0, 0.1) is 0 Å². The number of nitrogens with zero attached hydrogens (tertiary/aromatic N) is 1. The van der Waals surface area contributed by atoms with Crippen molar-refractivity contribution in [2.45, 2.75) is 12.5 Å². The summed E-state index contributed by atoms with van der Waals surface area (Å²) in [4.78, 5) is 25.2. The third-order valence-corrected chi connectivity index (χ3v) is 3.67. The van der Waals surface area contributed by atoms with Gasteiger partial charge in [0.15, 0.2) is 17.5 Å². The molecule has 7 nitrogen and oxygen atoms in total. The van der Waals surface area contributed by atoms with Crippen molar-refractivity contribution in [3.63, 3.8) is 0 Å². The van der Waals surface area contributed by atoms with Gasteiger partial charge in [0, 0.05) is 18.5 Å². The maximum atomic E-state index is 12.6. The molecule has 118 valence electrons. The molecular weight excluding hydrogens is 290 g/mol. The van der Waals surface area contributed by atoms with Crippen molar-refractivity contribution in [2.75, 3.05) is 33.0 Å². The zero-order valence-corrected chi connectivity index (χ0v) is 12.0. The van der Waals surface area contributed by atoms with Crippen LogP contribution in [0.25, 0.3) is 0 Å². The minimum absolute atomic E-state index is 0.00558. The summed E-state index contributed by atoms with van der Waals surface area (Å²) in [5.41, 5.74) is 0.386. The Balaban J connectivity index is 1.85. The topological polar surface area (TPSA) is 85.3 Å². The molecule has 1 amide bonds. The molecule has 1 fully saturated rings. The Labute approximate surface area is 127 Å². The molecule has 1 saturated heterocycles. The van der Waals surface area contributed by atoms with Crippen molar-refractivity contribution >= 4 is 11.9 Å². The summed E-state index contributed by atoms with van der Waals surface area (Å²) < 4.78 is 16.2. The van der Waals surface area contributed by atoms with Crippen molar-refractivity contribution in [2.24, 2.45) is 0 Å². The van der Waals surface area contributed by atoms with E-state index >= 15 is 0 Å². The van der Waals surface area contributed by atoms with E-state index in [-0.39, 0.29) is 19.1 Å². The van der Waals surface area contributed by atoms with Crippen LogP contribution in [0.3, 0.4) is 0 Å². The molecule has 3 rings (SSSR count). The van der Waals surface area contributed by atoms with Gasteiger partial charge in [0.05, 0.1) is 26.4 Å². The van der Waals surface area contributed by atoms with E-state index in [1.165, 1.54) is 4.90 Å². The predicted octanol–water partition coefficient (Wildman–Crippen LogP) is 0.773. The number of carboxylic acid groups (broad SMARTS) is 1. The first-order valence-electron chi connectivity index (χ1n) is 7.18. The molecule has 1 aromatic rings. The minimum atomic E-state index is -1.07. The molecule has 1 N–H and O–H groups in total. The summed E-state index contributed by atoms with van der Waals surface area (Å²) in [6, 6.07) is 3.96. The Morgan fingerprint density at radius 3 is 2.68 bits per heavy atom. The number of benzene rings is 1. The van der Waals surface area contributed by atoms with Crippen LogP contribution in [0.5, 0.6) is 11.5 Å². The number of ether oxygens (including phenoxy) is 3. The predicted molar refractivity (Wildman–Crippen MR) is 75.3 cm³/mol. The van der Waals surface area contributed by atoms with Crippen molar-refractivity contribution < 1.29 is 28.9 Å². The summed E-state index contributed by atoms with van der Waals surface area (Å²) in [7, 11) is 0. The number of rotatable bonds is 2. The molecule has 7 heteroatoms. The van der Waals surface area contributed by atoms with Crippen LogP contribution in [0.4, 0.5) is 0 Å². The van der Waals surface area contributed by atoms with Crippen molar-refractivity contribution in [3.05, 3.63) is 23.8 Å². The number of hydrogen-bond acceptors (Lipinski definition) is 5. The maximum Gasteiger partial charge on any atom is 0.328 e. The van der Waals surface area contributed by atoms with Gasteiger partial charge in [0.25, 0.3) is 5.91 Å². The van der Waals surface area contributed by atoms with Crippen molar-refractivity contribution in [1.82, 2.24) is 4.90 Å². The standard InChI is InChI=1S/C15H17NO6/c17-14(16-4-7-20-9-11(16)15(18)19)10-2-3-12-13(8-10)22-6-1-5-21-12/h2-3,8,11H,1,4-7,9H2,(H,18,19). The van der Waals surface area contributed by atoms with Gasteiger partial charge in [-0.2, -0.15) is 0 Å². The molecular formula is C15H17NO6. The first-order chi connectivity index (χ1) is 10.7. The van der Waals surface area contributed by atoms with Gasteiger partial charge in [-0.25, -0.2) is 4.79 Å². The third-order valence-electron chi connectivity index (χ3n) is 3.67. The molecule has 1 unspecified atom stereocenters. The summed E-state index contributed by atoms with van der Waals surface area (Å²) in [5, 5.41) is 9.22. The van der Waals surface area contributed by atoms with Crippen LogP contribution in [0.1, 0.15) is 16.8 Å². The Bertz CT molecular complexity index is 587. The molecule has 0 aliphatic carbocycles. The number of carbonyl (C=O) groups excluding carboxylic acids is 1. The second-order valence-corrected chi connectivity index (χ2v) is 5.14. The molecule has 2 aliphatic rings. The summed E-state index contributed by atoms with van der Waals surface area (Å²) in [6.07, 6.45) is 0.780. The lowest BCUT2D eigenvalue weighted by atomic mass is 10.1. The van der Waals surface area contributed by atoms with E-state index in [9.17, 15) is 14.7 Å². The Morgan fingerprint density at radius 2 is 1.91 bits per heavy atom.